The maximum atomic E-state index is 13.5. The molecule has 0 aliphatic heterocycles. The van der Waals surface area contributed by atoms with Gasteiger partial charge in [-0.15, -0.1) is 0 Å². The third-order valence-electron chi connectivity index (χ3n) is 3.38. The molecular formula is C15H14FN3O2. The van der Waals surface area contributed by atoms with Crippen molar-refractivity contribution in [1.29, 1.82) is 0 Å². The first-order valence-corrected chi connectivity index (χ1v) is 6.67. The highest BCUT2D eigenvalue weighted by atomic mass is 19.1. The van der Waals surface area contributed by atoms with Crippen LogP contribution in [-0.2, 0) is 11.3 Å². The number of nitrogens with one attached hydrogen (secondary N) is 1. The van der Waals surface area contributed by atoms with Crippen LogP contribution >= 0.6 is 0 Å². The Morgan fingerprint density at radius 1 is 1.24 bits per heavy atom. The standard InChI is InChI=1S/C15H14FN3O2/c1-2-17-14(20)9-19-13-8-10(16)5-6-11(13)18-7-3-4-12(18)15(19)21/h3-8H,2,9H2,1H3,(H,17,20). The van der Waals surface area contributed by atoms with Gasteiger partial charge in [-0.1, -0.05) is 0 Å². The quantitative estimate of drug-likeness (QED) is 0.794. The molecule has 0 radical (unpaired) electrons. The van der Waals surface area contributed by atoms with Crippen molar-refractivity contribution in [1.82, 2.24) is 14.3 Å². The minimum Gasteiger partial charge on any atom is -0.355 e. The largest absolute Gasteiger partial charge is 0.355 e. The van der Waals surface area contributed by atoms with Crippen LogP contribution in [0.4, 0.5) is 4.39 Å². The summed E-state index contributed by atoms with van der Waals surface area (Å²) in [5.41, 5.74) is 1.22. The van der Waals surface area contributed by atoms with E-state index in [0.29, 0.717) is 23.1 Å². The second-order valence-electron chi connectivity index (χ2n) is 4.74. The molecule has 108 valence electrons. The first kappa shape index (κ1) is 13.4. The number of amides is 1. The number of aromatic nitrogens is 2. The number of halogens is 1. The maximum Gasteiger partial charge on any atom is 0.275 e. The number of nitrogens with zero attached hydrogens (tertiary/aromatic N) is 2. The molecule has 0 unspecified atom stereocenters. The fraction of sp³-hybridized carbons (Fsp3) is 0.200. The monoisotopic (exact) mass is 287 g/mol. The summed E-state index contributed by atoms with van der Waals surface area (Å²) in [5.74, 6) is -0.723. The molecule has 1 aromatic carbocycles. The fourth-order valence-electron chi connectivity index (χ4n) is 2.48. The number of carbonyl (C=O) groups excluding carboxylic acids is 1. The molecule has 0 spiro atoms. The van der Waals surface area contributed by atoms with Crippen molar-refractivity contribution in [3.8, 4) is 0 Å². The van der Waals surface area contributed by atoms with E-state index in [0.717, 1.165) is 0 Å². The predicted octanol–water partition coefficient (Wildman–Crippen LogP) is 1.53. The number of likely N-dealkylation sites (N-methyl/N-ethyl adjacent to an activating group) is 1. The van der Waals surface area contributed by atoms with E-state index < -0.39 is 5.82 Å². The van der Waals surface area contributed by atoms with E-state index in [1.54, 1.807) is 35.7 Å². The number of hydrogen-bond acceptors (Lipinski definition) is 2. The van der Waals surface area contributed by atoms with Crippen molar-refractivity contribution in [3.63, 3.8) is 0 Å². The number of carbonyl (C=O) groups is 1. The van der Waals surface area contributed by atoms with Crippen molar-refractivity contribution in [2.75, 3.05) is 6.54 Å². The smallest absolute Gasteiger partial charge is 0.275 e. The zero-order chi connectivity index (χ0) is 15.0. The van der Waals surface area contributed by atoms with Crippen LogP contribution in [0.15, 0.2) is 41.3 Å². The normalized spacial score (nSPS) is 11.1. The SMILES string of the molecule is CCNC(=O)Cn1c(=O)c2cccn2c2ccc(F)cc21. The van der Waals surface area contributed by atoms with E-state index in [9.17, 15) is 14.0 Å². The number of rotatable bonds is 3. The van der Waals surface area contributed by atoms with Gasteiger partial charge in [0, 0.05) is 12.7 Å². The van der Waals surface area contributed by atoms with Crippen LogP contribution in [0.1, 0.15) is 6.92 Å². The van der Waals surface area contributed by atoms with Gasteiger partial charge in [0.25, 0.3) is 5.56 Å². The van der Waals surface area contributed by atoms with E-state index >= 15 is 0 Å². The minimum absolute atomic E-state index is 0.131. The Bertz CT molecular complexity index is 895. The topological polar surface area (TPSA) is 55.5 Å². The van der Waals surface area contributed by atoms with Gasteiger partial charge in [-0.05, 0) is 37.3 Å². The second-order valence-corrected chi connectivity index (χ2v) is 4.74. The summed E-state index contributed by atoms with van der Waals surface area (Å²) in [6.07, 6.45) is 1.74. The molecule has 21 heavy (non-hydrogen) atoms. The molecule has 6 heteroatoms. The van der Waals surface area contributed by atoms with Gasteiger partial charge in [0.2, 0.25) is 5.91 Å². The summed E-state index contributed by atoms with van der Waals surface area (Å²) in [4.78, 5) is 24.3. The molecule has 0 fully saturated rings. The number of hydrogen-bond donors (Lipinski definition) is 1. The van der Waals surface area contributed by atoms with Gasteiger partial charge < -0.3 is 9.72 Å². The second kappa shape index (κ2) is 5.05. The first-order chi connectivity index (χ1) is 10.1. The zero-order valence-electron chi connectivity index (χ0n) is 11.5. The van der Waals surface area contributed by atoms with Crippen molar-refractivity contribution >= 4 is 22.5 Å². The summed E-state index contributed by atoms with van der Waals surface area (Å²) in [6.45, 7) is 2.15. The molecule has 5 nitrogen and oxygen atoms in total. The van der Waals surface area contributed by atoms with Gasteiger partial charge in [0.1, 0.15) is 17.9 Å². The average Bonchev–Trinajstić information content (AvgIpc) is 2.93. The highest BCUT2D eigenvalue weighted by Crippen LogP contribution is 2.16. The molecule has 0 saturated carbocycles. The first-order valence-electron chi connectivity index (χ1n) is 6.67. The highest BCUT2D eigenvalue weighted by Gasteiger charge is 2.13. The molecule has 0 aliphatic rings. The average molecular weight is 287 g/mol. The van der Waals surface area contributed by atoms with Gasteiger partial charge in [0.05, 0.1) is 11.0 Å². The molecule has 2 aromatic heterocycles. The van der Waals surface area contributed by atoms with E-state index in [4.69, 9.17) is 0 Å². The van der Waals surface area contributed by atoms with E-state index in [2.05, 4.69) is 5.32 Å². The lowest BCUT2D eigenvalue weighted by molar-refractivity contribution is -0.121. The van der Waals surface area contributed by atoms with Crippen molar-refractivity contribution < 1.29 is 9.18 Å². The van der Waals surface area contributed by atoms with Crippen molar-refractivity contribution in [2.24, 2.45) is 0 Å². The Balaban J connectivity index is 2.33. The van der Waals surface area contributed by atoms with Gasteiger partial charge in [0.15, 0.2) is 0 Å². The molecule has 0 aliphatic carbocycles. The van der Waals surface area contributed by atoms with Gasteiger partial charge >= 0.3 is 0 Å². The summed E-state index contributed by atoms with van der Waals surface area (Å²) in [7, 11) is 0. The summed E-state index contributed by atoms with van der Waals surface area (Å²) in [6, 6.07) is 7.64. The summed E-state index contributed by atoms with van der Waals surface area (Å²) in [5, 5.41) is 2.64. The van der Waals surface area contributed by atoms with E-state index in [1.165, 1.54) is 16.7 Å². The third kappa shape index (κ3) is 2.18. The zero-order valence-corrected chi connectivity index (χ0v) is 11.5. The predicted molar refractivity (Wildman–Crippen MR) is 77.8 cm³/mol. The molecule has 2 heterocycles. The lowest BCUT2D eigenvalue weighted by Gasteiger charge is -2.12. The van der Waals surface area contributed by atoms with Crippen molar-refractivity contribution in [2.45, 2.75) is 13.5 Å². The lowest BCUT2D eigenvalue weighted by atomic mass is 10.2. The van der Waals surface area contributed by atoms with Crippen LogP contribution in [0.2, 0.25) is 0 Å². The van der Waals surface area contributed by atoms with Gasteiger partial charge in [-0.25, -0.2) is 4.39 Å². The van der Waals surface area contributed by atoms with Crippen LogP contribution < -0.4 is 10.9 Å². The molecule has 0 bridgehead atoms. The van der Waals surface area contributed by atoms with E-state index in [-0.39, 0.29) is 18.0 Å². The highest BCUT2D eigenvalue weighted by molar-refractivity contribution is 5.82. The van der Waals surface area contributed by atoms with Gasteiger partial charge in [-0.2, -0.15) is 0 Å². The molecule has 1 N–H and O–H groups in total. The third-order valence-corrected chi connectivity index (χ3v) is 3.38. The Hall–Kier alpha value is -2.63. The minimum atomic E-state index is -0.446. The van der Waals surface area contributed by atoms with Crippen LogP contribution in [0.25, 0.3) is 16.6 Å². The number of benzene rings is 1. The number of fused-ring (bicyclic) bond motifs is 3. The Kier molecular flexibility index (Phi) is 3.21. The molecule has 3 aromatic rings. The van der Waals surface area contributed by atoms with Crippen LogP contribution in [0.5, 0.6) is 0 Å². The molecule has 3 rings (SSSR count). The molecular weight excluding hydrogens is 273 g/mol. The summed E-state index contributed by atoms with van der Waals surface area (Å²) < 4.78 is 16.5. The van der Waals surface area contributed by atoms with E-state index in [1.807, 2.05) is 0 Å². The van der Waals surface area contributed by atoms with Crippen LogP contribution in [0.3, 0.4) is 0 Å². The van der Waals surface area contributed by atoms with Gasteiger partial charge in [-0.3, -0.25) is 14.2 Å². The van der Waals surface area contributed by atoms with Crippen molar-refractivity contribution in [3.05, 3.63) is 52.7 Å². The Morgan fingerprint density at radius 3 is 2.81 bits per heavy atom. The lowest BCUT2D eigenvalue weighted by Crippen LogP contribution is -2.33. The Labute approximate surface area is 119 Å². The molecule has 1 amide bonds. The Morgan fingerprint density at radius 2 is 2.05 bits per heavy atom. The molecule has 0 saturated heterocycles. The molecule has 0 atom stereocenters. The van der Waals surface area contributed by atoms with Crippen LogP contribution in [-0.4, -0.2) is 21.4 Å². The summed E-state index contributed by atoms with van der Waals surface area (Å²) >= 11 is 0. The fourth-order valence-corrected chi connectivity index (χ4v) is 2.48. The maximum absolute atomic E-state index is 13.5. The van der Waals surface area contributed by atoms with Crippen LogP contribution in [0, 0.1) is 5.82 Å².